The first kappa shape index (κ1) is 16.8. The Morgan fingerprint density at radius 3 is 2.54 bits per heavy atom. The lowest BCUT2D eigenvalue weighted by molar-refractivity contribution is 0.0366. The van der Waals surface area contributed by atoms with E-state index in [1.54, 1.807) is 0 Å². The van der Waals surface area contributed by atoms with Gasteiger partial charge in [0.15, 0.2) is 0 Å². The summed E-state index contributed by atoms with van der Waals surface area (Å²) in [6.07, 6.45) is 8.79. The van der Waals surface area contributed by atoms with Crippen LogP contribution in [0.5, 0.6) is 0 Å². The van der Waals surface area contributed by atoms with Gasteiger partial charge in [0.1, 0.15) is 5.82 Å². The standard InChI is InChI=1S/C22H31N3O/c1-15-23-19-9-5-6-10-20(19)25(15)21-11-16-13-24(14-17(16)12-22(21)26)18-7-3-2-4-8-18/h5-6,9-10,16-18,21-22,26H,2-4,7-8,11-14H2,1H3/t16-,17+,21-,22-/m0/s1. The number of aliphatic hydroxyl groups excluding tert-OH is 1. The van der Waals surface area contributed by atoms with E-state index < -0.39 is 0 Å². The molecule has 140 valence electrons. The van der Waals surface area contributed by atoms with E-state index in [-0.39, 0.29) is 12.1 Å². The topological polar surface area (TPSA) is 41.3 Å². The molecule has 5 rings (SSSR count). The molecule has 4 nitrogen and oxygen atoms in total. The maximum atomic E-state index is 11.0. The Morgan fingerprint density at radius 2 is 1.73 bits per heavy atom. The summed E-state index contributed by atoms with van der Waals surface area (Å²) in [6, 6.07) is 9.34. The zero-order chi connectivity index (χ0) is 17.7. The number of fused-ring (bicyclic) bond motifs is 2. The quantitative estimate of drug-likeness (QED) is 0.890. The van der Waals surface area contributed by atoms with Crippen LogP contribution in [-0.2, 0) is 0 Å². The fourth-order valence-corrected chi connectivity index (χ4v) is 6.05. The van der Waals surface area contributed by atoms with Crippen LogP contribution in [0.1, 0.15) is 56.8 Å². The molecule has 0 unspecified atom stereocenters. The molecule has 0 spiro atoms. The van der Waals surface area contributed by atoms with Crippen molar-refractivity contribution in [3.63, 3.8) is 0 Å². The van der Waals surface area contributed by atoms with Gasteiger partial charge in [-0.2, -0.15) is 0 Å². The molecule has 3 aliphatic rings. The predicted octanol–water partition coefficient (Wildman–Crippen LogP) is 3.92. The van der Waals surface area contributed by atoms with Crippen LogP contribution < -0.4 is 0 Å². The molecule has 3 fully saturated rings. The SMILES string of the molecule is Cc1nc2ccccc2n1[C@H]1C[C@H]2CN(C3CCCCC3)C[C@H]2C[C@@H]1O. The van der Waals surface area contributed by atoms with Crippen LogP contribution in [0.4, 0.5) is 0 Å². The van der Waals surface area contributed by atoms with Crippen LogP contribution in [0.15, 0.2) is 24.3 Å². The highest BCUT2D eigenvalue weighted by Crippen LogP contribution is 2.44. The van der Waals surface area contributed by atoms with Crippen LogP contribution >= 0.6 is 0 Å². The molecule has 2 aromatic rings. The van der Waals surface area contributed by atoms with Crippen molar-refractivity contribution in [2.45, 2.75) is 70.1 Å². The average molecular weight is 354 g/mol. The molecule has 0 amide bonds. The molecule has 2 heterocycles. The van der Waals surface area contributed by atoms with E-state index in [9.17, 15) is 5.11 Å². The normalized spacial score (nSPS) is 33.6. The summed E-state index contributed by atoms with van der Waals surface area (Å²) in [6.45, 7) is 4.54. The number of aromatic nitrogens is 2. The van der Waals surface area contributed by atoms with Gasteiger partial charge in [0.25, 0.3) is 0 Å². The molecular weight excluding hydrogens is 322 g/mol. The molecule has 1 aromatic carbocycles. The Labute approximate surface area is 156 Å². The number of hydrogen-bond acceptors (Lipinski definition) is 3. The largest absolute Gasteiger partial charge is 0.391 e. The number of benzene rings is 1. The highest BCUT2D eigenvalue weighted by Gasteiger charge is 2.44. The van der Waals surface area contributed by atoms with Crippen molar-refractivity contribution >= 4 is 11.0 Å². The number of hydrogen-bond donors (Lipinski definition) is 1. The molecular formula is C22H31N3O. The van der Waals surface area contributed by atoms with E-state index in [1.807, 2.05) is 6.07 Å². The van der Waals surface area contributed by atoms with E-state index in [4.69, 9.17) is 4.98 Å². The zero-order valence-electron chi connectivity index (χ0n) is 15.8. The first-order valence-corrected chi connectivity index (χ1v) is 10.6. The Morgan fingerprint density at radius 1 is 1.00 bits per heavy atom. The minimum atomic E-state index is -0.251. The number of aryl methyl sites for hydroxylation is 1. The number of aliphatic hydroxyl groups is 1. The second kappa shape index (κ2) is 6.65. The highest BCUT2D eigenvalue weighted by molar-refractivity contribution is 5.76. The summed E-state index contributed by atoms with van der Waals surface area (Å²) in [5, 5.41) is 11.0. The number of nitrogens with zero attached hydrogens (tertiary/aromatic N) is 3. The van der Waals surface area contributed by atoms with Crippen molar-refractivity contribution in [1.82, 2.24) is 14.5 Å². The highest BCUT2D eigenvalue weighted by atomic mass is 16.3. The van der Waals surface area contributed by atoms with Gasteiger partial charge in [-0.3, -0.25) is 4.90 Å². The van der Waals surface area contributed by atoms with E-state index in [0.29, 0.717) is 5.92 Å². The maximum absolute atomic E-state index is 11.0. The minimum Gasteiger partial charge on any atom is -0.391 e. The molecule has 2 saturated carbocycles. The Hall–Kier alpha value is -1.39. The van der Waals surface area contributed by atoms with Crippen LogP contribution in [0.3, 0.4) is 0 Å². The van der Waals surface area contributed by atoms with Gasteiger partial charge in [0.2, 0.25) is 0 Å². The molecule has 0 bridgehead atoms. The van der Waals surface area contributed by atoms with Crippen LogP contribution in [0.2, 0.25) is 0 Å². The lowest BCUT2D eigenvalue weighted by Crippen LogP contribution is -2.36. The van der Waals surface area contributed by atoms with E-state index in [1.165, 1.54) is 50.7 Å². The van der Waals surface area contributed by atoms with Crippen molar-refractivity contribution in [1.29, 1.82) is 0 Å². The van der Waals surface area contributed by atoms with Gasteiger partial charge >= 0.3 is 0 Å². The summed E-state index contributed by atoms with van der Waals surface area (Å²) < 4.78 is 2.32. The zero-order valence-corrected chi connectivity index (χ0v) is 15.8. The fourth-order valence-electron chi connectivity index (χ4n) is 6.05. The molecule has 1 N–H and O–H groups in total. The molecule has 4 heteroatoms. The van der Waals surface area contributed by atoms with Crippen molar-refractivity contribution in [3.8, 4) is 0 Å². The fraction of sp³-hybridized carbons (Fsp3) is 0.682. The van der Waals surface area contributed by atoms with E-state index in [0.717, 1.165) is 36.1 Å². The van der Waals surface area contributed by atoms with Gasteiger partial charge in [0.05, 0.1) is 23.2 Å². The second-order valence-corrected chi connectivity index (χ2v) is 8.89. The molecule has 1 aliphatic heterocycles. The number of likely N-dealkylation sites (tertiary alicyclic amines) is 1. The summed E-state index contributed by atoms with van der Waals surface area (Å²) in [7, 11) is 0. The van der Waals surface area contributed by atoms with Gasteiger partial charge in [-0.1, -0.05) is 31.4 Å². The smallest absolute Gasteiger partial charge is 0.107 e. The summed E-state index contributed by atoms with van der Waals surface area (Å²) >= 11 is 0. The lowest BCUT2D eigenvalue weighted by Gasteiger charge is -2.36. The van der Waals surface area contributed by atoms with Gasteiger partial charge in [-0.05, 0) is 56.6 Å². The summed E-state index contributed by atoms with van der Waals surface area (Å²) in [5.74, 6) is 2.44. The van der Waals surface area contributed by atoms with Gasteiger partial charge < -0.3 is 9.67 Å². The first-order chi connectivity index (χ1) is 12.7. The first-order valence-electron chi connectivity index (χ1n) is 10.6. The Bertz CT molecular complexity index is 779. The third kappa shape index (κ3) is 2.78. The van der Waals surface area contributed by atoms with Crippen molar-refractivity contribution in [2.24, 2.45) is 11.8 Å². The van der Waals surface area contributed by atoms with Gasteiger partial charge in [0, 0.05) is 19.1 Å². The third-order valence-electron chi connectivity index (χ3n) is 7.33. The molecule has 2 aliphatic carbocycles. The maximum Gasteiger partial charge on any atom is 0.107 e. The van der Waals surface area contributed by atoms with Crippen molar-refractivity contribution in [3.05, 3.63) is 30.1 Å². The molecule has 1 aromatic heterocycles. The monoisotopic (exact) mass is 353 g/mol. The lowest BCUT2D eigenvalue weighted by atomic mass is 9.77. The van der Waals surface area contributed by atoms with Crippen LogP contribution in [0.25, 0.3) is 11.0 Å². The third-order valence-corrected chi connectivity index (χ3v) is 7.33. The second-order valence-electron chi connectivity index (χ2n) is 8.89. The number of rotatable bonds is 2. The predicted molar refractivity (Wildman–Crippen MR) is 104 cm³/mol. The molecule has 4 atom stereocenters. The van der Waals surface area contributed by atoms with Crippen LogP contribution in [-0.4, -0.2) is 44.8 Å². The van der Waals surface area contributed by atoms with Gasteiger partial charge in [-0.15, -0.1) is 0 Å². The summed E-state index contributed by atoms with van der Waals surface area (Å²) in [4.78, 5) is 7.50. The van der Waals surface area contributed by atoms with Crippen molar-refractivity contribution < 1.29 is 5.11 Å². The van der Waals surface area contributed by atoms with E-state index >= 15 is 0 Å². The Balaban J connectivity index is 1.38. The van der Waals surface area contributed by atoms with Gasteiger partial charge in [-0.25, -0.2) is 4.98 Å². The molecule has 26 heavy (non-hydrogen) atoms. The van der Waals surface area contributed by atoms with Crippen LogP contribution in [0, 0.1) is 18.8 Å². The Kier molecular flexibility index (Phi) is 4.29. The molecule has 0 radical (unpaired) electrons. The number of imidazole rings is 1. The van der Waals surface area contributed by atoms with Crippen molar-refractivity contribution in [2.75, 3.05) is 13.1 Å². The number of para-hydroxylation sites is 2. The van der Waals surface area contributed by atoms with E-state index in [2.05, 4.69) is 34.6 Å². The average Bonchev–Trinajstić information content (AvgIpc) is 3.21. The minimum absolute atomic E-state index is 0.176. The summed E-state index contributed by atoms with van der Waals surface area (Å²) in [5.41, 5.74) is 2.23. The molecule has 1 saturated heterocycles.